The molecule has 0 unspecified atom stereocenters. The van der Waals surface area contributed by atoms with Gasteiger partial charge in [0.2, 0.25) is 0 Å². The summed E-state index contributed by atoms with van der Waals surface area (Å²) in [5.74, 6) is 3.33. The number of hydrogen-bond donors (Lipinski definition) is 0. The first-order valence-electron chi connectivity index (χ1n) is 18.2. The van der Waals surface area contributed by atoms with Crippen molar-refractivity contribution >= 4 is 0 Å². The molecule has 0 radical (unpaired) electrons. The van der Waals surface area contributed by atoms with Gasteiger partial charge >= 0.3 is 0 Å². The second kappa shape index (κ2) is 74.4. The van der Waals surface area contributed by atoms with Crippen LogP contribution in [-0.2, 0) is 0 Å². The van der Waals surface area contributed by atoms with Crippen LogP contribution in [0.4, 0.5) is 0 Å². The van der Waals surface area contributed by atoms with E-state index in [-0.39, 0.29) is 0 Å². The Labute approximate surface area is 302 Å². The fraction of sp³-hybridized carbons (Fsp3) is 0.558. The summed E-state index contributed by atoms with van der Waals surface area (Å²) in [7, 11) is 0. The van der Waals surface area contributed by atoms with E-state index in [0.29, 0.717) is 0 Å². The maximum Gasteiger partial charge on any atom is 0.115 e. The van der Waals surface area contributed by atoms with Crippen LogP contribution in [0.1, 0.15) is 138 Å². The summed E-state index contributed by atoms with van der Waals surface area (Å²) < 4.78 is 0. The highest BCUT2D eigenvalue weighted by Gasteiger charge is 1.69. The SMILES string of the molecule is CC.CC.CC.CC.CC(C)C.CC(C)C.CC(C)C.CC(C)C.c1ccccc1.c1ccncc1.c1ccnnc1.c1cncnc1. The van der Waals surface area contributed by atoms with Crippen molar-refractivity contribution in [1.82, 2.24) is 25.1 Å². The molecule has 0 fully saturated rings. The molecular weight excluding hydrogens is 587 g/mol. The monoisotopic (exact) mass is 670 g/mol. The zero-order valence-electron chi connectivity index (χ0n) is 35.5. The molecule has 0 bridgehead atoms. The minimum absolute atomic E-state index is 0.833. The summed E-state index contributed by atoms with van der Waals surface area (Å²) in [6, 6.07) is 23.1. The normalized spacial score (nSPS) is 7.50. The quantitative estimate of drug-likeness (QED) is 0.186. The van der Waals surface area contributed by atoms with Gasteiger partial charge in [0, 0.05) is 37.2 Å². The lowest BCUT2D eigenvalue weighted by Crippen LogP contribution is -1.69. The van der Waals surface area contributed by atoms with E-state index < -0.39 is 0 Å². The molecule has 0 aliphatic rings. The molecule has 0 saturated carbocycles. The molecule has 3 aromatic heterocycles. The zero-order valence-corrected chi connectivity index (χ0v) is 35.5. The van der Waals surface area contributed by atoms with E-state index in [0.717, 1.165) is 23.7 Å². The molecule has 5 nitrogen and oxygen atoms in total. The Bertz CT molecular complexity index is 575. The summed E-state index contributed by atoms with van der Waals surface area (Å²) in [5.41, 5.74) is 0. The minimum atomic E-state index is 0.833. The third kappa shape index (κ3) is 174. The molecule has 4 aromatic rings. The second-order valence-electron chi connectivity index (χ2n) is 10.9. The lowest BCUT2D eigenvalue weighted by Gasteiger charge is -1.79. The van der Waals surface area contributed by atoms with Crippen LogP contribution < -0.4 is 0 Å². The van der Waals surface area contributed by atoms with Gasteiger partial charge in [0.15, 0.2) is 0 Å². The lowest BCUT2D eigenvalue weighted by molar-refractivity contribution is 0.736. The Morgan fingerprint density at radius 3 is 0.521 bits per heavy atom. The van der Waals surface area contributed by atoms with Crippen molar-refractivity contribution in [3.63, 3.8) is 0 Å². The van der Waals surface area contributed by atoms with E-state index in [4.69, 9.17) is 0 Å². The van der Waals surface area contributed by atoms with Crippen molar-refractivity contribution in [2.75, 3.05) is 0 Å². The molecule has 0 aliphatic heterocycles. The smallest absolute Gasteiger partial charge is 0.115 e. The Kier molecular flexibility index (Phi) is 98.0. The molecular formula is C43H83N5. The fourth-order valence-electron chi connectivity index (χ4n) is 1.20. The van der Waals surface area contributed by atoms with Crippen LogP contribution in [0.15, 0.2) is 116 Å². The van der Waals surface area contributed by atoms with Crippen molar-refractivity contribution < 1.29 is 0 Å². The number of aromatic nitrogens is 5. The maximum atomic E-state index is 3.78. The van der Waals surface area contributed by atoms with Crippen LogP contribution in [-0.4, -0.2) is 25.1 Å². The average molecular weight is 670 g/mol. The van der Waals surface area contributed by atoms with Crippen molar-refractivity contribution in [3.05, 3.63) is 116 Å². The summed E-state index contributed by atoms with van der Waals surface area (Å²) in [6.45, 7) is 42.0. The van der Waals surface area contributed by atoms with Crippen LogP contribution in [0, 0.1) is 23.7 Å². The summed E-state index contributed by atoms with van der Waals surface area (Å²) in [5, 5.41) is 7.07. The van der Waals surface area contributed by atoms with Gasteiger partial charge < -0.3 is 0 Å². The second-order valence-corrected chi connectivity index (χ2v) is 10.9. The Balaban J connectivity index is -0.0000000621. The van der Waals surface area contributed by atoms with Gasteiger partial charge in [-0.2, -0.15) is 10.2 Å². The van der Waals surface area contributed by atoms with E-state index in [1.165, 1.54) is 6.33 Å². The van der Waals surface area contributed by atoms with Crippen LogP contribution in [0.2, 0.25) is 0 Å². The van der Waals surface area contributed by atoms with Gasteiger partial charge in [0.1, 0.15) is 6.33 Å². The van der Waals surface area contributed by atoms with Gasteiger partial charge in [-0.05, 0) is 54.0 Å². The van der Waals surface area contributed by atoms with Crippen LogP contribution in [0.3, 0.4) is 0 Å². The molecule has 4 rings (SSSR count). The Hall–Kier alpha value is -3.47. The van der Waals surface area contributed by atoms with E-state index in [2.05, 4.69) is 108 Å². The minimum Gasteiger partial charge on any atom is -0.265 e. The Morgan fingerprint density at radius 2 is 0.438 bits per heavy atom. The third-order valence-electron chi connectivity index (χ3n) is 2.19. The number of pyridine rings is 1. The standard InChI is InChI=1S/C6H6.C5H5N.2C4H4N2.4C4H10.4C2H6/c2*1-2-4-6-5-3-1;1-2-5-4-6-3-1;1-2-4-6-5-3-1;4*1-4(2)3;4*1-2/h1-6H;1-5H;2*1-4H;4*4H,1-3H3;4*1-2H3. The van der Waals surface area contributed by atoms with Gasteiger partial charge in [0.05, 0.1) is 0 Å². The predicted octanol–water partition coefficient (Wildman–Crippen LogP) is 14.5. The molecule has 1 aromatic carbocycles. The first-order valence-corrected chi connectivity index (χ1v) is 18.2. The van der Waals surface area contributed by atoms with Crippen LogP contribution in [0.25, 0.3) is 0 Å². The molecule has 0 saturated heterocycles. The molecule has 5 heteroatoms. The number of nitrogens with zero attached hydrogens (tertiary/aromatic N) is 5. The third-order valence-corrected chi connectivity index (χ3v) is 2.19. The van der Waals surface area contributed by atoms with Crippen LogP contribution in [0.5, 0.6) is 0 Å². The highest BCUT2D eigenvalue weighted by atomic mass is 15.1. The van der Waals surface area contributed by atoms with Crippen molar-refractivity contribution in [2.24, 2.45) is 23.7 Å². The van der Waals surface area contributed by atoms with Crippen LogP contribution >= 0.6 is 0 Å². The van der Waals surface area contributed by atoms with Gasteiger partial charge in [0.25, 0.3) is 0 Å². The van der Waals surface area contributed by atoms with Gasteiger partial charge in [-0.3, -0.25) is 4.98 Å². The van der Waals surface area contributed by atoms with Crippen molar-refractivity contribution in [2.45, 2.75) is 138 Å². The average Bonchev–Trinajstić information content (AvgIpc) is 3.11. The molecule has 280 valence electrons. The molecule has 3 heterocycles. The Morgan fingerprint density at radius 1 is 0.250 bits per heavy atom. The van der Waals surface area contributed by atoms with Crippen molar-refractivity contribution in [3.8, 4) is 0 Å². The van der Waals surface area contributed by atoms with E-state index in [1.807, 2.05) is 122 Å². The number of hydrogen-bond acceptors (Lipinski definition) is 5. The first-order chi connectivity index (χ1) is 22.9. The molecule has 0 aliphatic carbocycles. The van der Waals surface area contributed by atoms with E-state index >= 15 is 0 Å². The number of rotatable bonds is 0. The highest BCUT2D eigenvalue weighted by Crippen LogP contribution is 1.82. The van der Waals surface area contributed by atoms with Crippen molar-refractivity contribution in [1.29, 1.82) is 0 Å². The lowest BCUT2D eigenvalue weighted by atomic mass is 10.3. The maximum absolute atomic E-state index is 3.78. The van der Waals surface area contributed by atoms with E-state index in [1.54, 1.807) is 43.2 Å². The molecule has 0 atom stereocenters. The summed E-state index contributed by atoms with van der Waals surface area (Å²) in [6.07, 6.45) is 11.7. The fourth-order valence-corrected chi connectivity index (χ4v) is 1.20. The van der Waals surface area contributed by atoms with Gasteiger partial charge in [-0.15, -0.1) is 0 Å². The molecule has 48 heavy (non-hydrogen) atoms. The van der Waals surface area contributed by atoms with Gasteiger partial charge in [-0.25, -0.2) is 9.97 Å². The summed E-state index contributed by atoms with van der Waals surface area (Å²) >= 11 is 0. The molecule has 0 N–H and O–H groups in total. The zero-order chi connectivity index (χ0) is 39.3. The van der Waals surface area contributed by atoms with E-state index in [9.17, 15) is 0 Å². The topological polar surface area (TPSA) is 64.5 Å². The summed E-state index contributed by atoms with van der Waals surface area (Å²) in [4.78, 5) is 11.1. The number of benzene rings is 1. The highest BCUT2D eigenvalue weighted by molar-refractivity contribution is 4.99. The molecule has 0 spiro atoms. The predicted molar refractivity (Wildman–Crippen MR) is 222 cm³/mol. The largest absolute Gasteiger partial charge is 0.265 e. The van der Waals surface area contributed by atoms with Gasteiger partial charge in [-0.1, -0.05) is 181 Å². The molecule has 0 amide bonds. The first kappa shape index (κ1) is 63.2.